The van der Waals surface area contributed by atoms with Crippen molar-refractivity contribution in [3.63, 3.8) is 0 Å². The summed E-state index contributed by atoms with van der Waals surface area (Å²) in [4.78, 5) is 11.0. The first-order valence-corrected chi connectivity index (χ1v) is 4.14. The normalized spacial score (nSPS) is 9.58. The molecule has 1 aromatic heterocycles. The third-order valence-corrected chi connectivity index (χ3v) is 2.26. The minimum Gasteiger partial charge on any atom is -0.479 e. The second-order valence-corrected chi connectivity index (χ2v) is 2.99. The molecule has 66 valence electrons. The Kier molecular flexibility index (Phi) is 2.90. The topological polar surface area (TPSA) is 64.2 Å². The van der Waals surface area contributed by atoms with Gasteiger partial charge in [-0.15, -0.1) is 5.10 Å². The smallest absolute Gasteiger partial charge is 0.357 e. The number of esters is 1. The van der Waals surface area contributed by atoms with Crippen molar-refractivity contribution in [2.75, 3.05) is 14.2 Å². The molecule has 0 aromatic carbocycles. The average Bonchev–Trinajstić information content (AvgIpc) is 2.45. The Labute approximate surface area is 82.6 Å². The number of halogens is 1. The van der Waals surface area contributed by atoms with Crippen LogP contribution < -0.4 is 4.74 Å². The lowest BCUT2D eigenvalue weighted by atomic mass is 10.4. The van der Waals surface area contributed by atoms with E-state index < -0.39 is 5.97 Å². The van der Waals surface area contributed by atoms with Gasteiger partial charge in [-0.1, -0.05) is 0 Å². The monoisotopic (exact) mass is 282 g/mol. The van der Waals surface area contributed by atoms with Crippen molar-refractivity contribution in [2.45, 2.75) is 0 Å². The van der Waals surface area contributed by atoms with E-state index >= 15 is 0 Å². The first kappa shape index (κ1) is 9.30. The molecule has 6 heteroatoms. The number of hydrogen-bond donors (Lipinski definition) is 1. The van der Waals surface area contributed by atoms with Gasteiger partial charge < -0.3 is 9.47 Å². The number of nitrogens with one attached hydrogen (secondary N) is 1. The highest BCUT2D eigenvalue weighted by molar-refractivity contribution is 14.1. The van der Waals surface area contributed by atoms with Gasteiger partial charge in [-0.05, 0) is 22.6 Å². The Morgan fingerprint density at radius 2 is 2.25 bits per heavy atom. The lowest BCUT2D eigenvalue weighted by Crippen LogP contribution is -2.03. The molecule has 0 amide bonds. The Balaban J connectivity index is 3.02. The number of H-pyrrole nitrogens is 1. The van der Waals surface area contributed by atoms with Crippen LogP contribution in [0.1, 0.15) is 10.5 Å². The van der Waals surface area contributed by atoms with Crippen molar-refractivity contribution >= 4 is 28.6 Å². The standard InChI is InChI=1S/C6H7IN2O3/c1-11-5-3(7)4(8-9-5)6(10)12-2/h1-2H3,(H,8,9). The van der Waals surface area contributed by atoms with Crippen LogP contribution in [0.5, 0.6) is 5.88 Å². The lowest BCUT2D eigenvalue weighted by molar-refractivity contribution is 0.0592. The number of methoxy groups -OCH3 is 2. The second-order valence-electron chi connectivity index (χ2n) is 1.91. The second kappa shape index (κ2) is 3.74. The van der Waals surface area contributed by atoms with E-state index in [0.717, 1.165) is 0 Å². The van der Waals surface area contributed by atoms with Crippen molar-refractivity contribution in [1.82, 2.24) is 10.2 Å². The van der Waals surface area contributed by atoms with Crippen molar-refractivity contribution in [3.8, 4) is 5.88 Å². The largest absolute Gasteiger partial charge is 0.479 e. The molecule has 1 heterocycles. The van der Waals surface area contributed by atoms with Gasteiger partial charge in [-0.25, -0.2) is 4.79 Å². The zero-order chi connectivity index (χ0) is 9.14. The summed E-state index contributed by atoms with van der Waals surface area (Å²) in [6.45, 7) is 0. The molecule has 0 saturated carbocycles. The van der Waals surface area contributed by atoms with Crippen LogP contribution in [0.4, 0.5) is 0 Å². The summed E-state index contributed by atoms with van der Waals surface area (Å²) in [5, 5.41) is 6.27. The molecule has 12 heavy (non-hydrogen) atoms. The summed E-state index contributed by atoms with van der Waals surface area (Å²) >= 11 is 1.96. The van der Waals surface area contributed by atoms with Gasteiger partial charge in [0.05, 0.1) is 14.2 Å². The van der Waals surface area contributed by atoms with Crippen LogP contribution in [-0.2, 0) is 4.74 Å². The minimum absolute atomic E-state index is 0.315. The Bertz CT molecular complexity index is 297. The summed E-state index contributed by atoms with van der Waals surface area (Å²) in [6, 6.07) is 0. The van der Waals surface area contributed by atoms with Crippen molar-refractivity contribution < 1.29 is 14.3 Å². The molecule has 0 spiro atoms. The van der Waals surface area contributed by atoms with E-state index in [-0.39, 0.29) is 0 Å². The van der Waals surface area contributed by atoms with Gasteiger partial charge in [0.15, 0.2) is 5.69 Å². The van der Waals surface area contributed by atoms with Crippen LogP contribution in [0.25, 0.3) is 0 Å². The maximum atomic E-state index is 11.0. The molecule has 0 fully saturated rings. The van der Waals surface area contributed by atoms with Crippen molar-refractivity contribution in [2.24, 2.45) is 0 Å². The van der Waals surface area contributed by atoms with Crippen molar-refractivity contribution in [3.05, 3.63) is 9.26 Å². The highest BCUT2D eigenvalue weighted by atomic mass is 127. The first-order chi connectivity index (χ1) is 5.70. The van der Waals surface area contributed by atoms with Gasteiger partial charge in [0, 0.05) is 0 Å². The molecule has 5 nitrogen and oxygen atoms in total. The Morgan fingerprint density at radius 3 is 2.67 bits per heavy atom. The Hall–Kier alpha value is -0.790. The van der Waals surface area contributed by atoms with Gasteiger partial charge in [0.2, 0.25) is 5.88 Å². The number of carbonyl (C=O) groups excluding carboxylic acids is 1. The molecule has 1 aromatic rings. The third kappa shape index (κ3) is 1.52. The predicted molar refractivity (Wildman–Crippen MR) is 49.2 cm³/mol. The van der Waals surface area contributed by atoms with Gasteiger partial charge in [0.1, 0.15) is 3.57 Å². The van der Waals surface area contributed by atoms with Crippen molar-refractivity contribution in [1.29, 1.82) is 0 Å². The molecule has 0 aliphatic rings. The van der Waals surface area contributed by atoms with Crippen LogP contribution in [0.3, 0.4) is 0 Å². The summed E-state index contributed by atoms with van der Waals surface area (Å²) in [6.07, 6.45) is 0. The fourth-order valence-electron chi connectivity index (χ4n) is 0.684. The number of ether oxygens (including phenoxy) is 2. The molecule has 0 atom stereocenters. The van der Waals surface area contributed by atoms with E-state index in [1.807, 2.05) is 22.6 Å². The van der Waals surface area contributed by atoms with Crippen LogP contribution in [-0.4, -0.2) is 30.4 Å². The summed E-state index contributed by atoms with van der Waals surface area (Å²) < 4.78 is 9.99. The SMILES string of the molecule is COC(=O)c1[nH]nc(OC)c1I. The molecule has 0 unspecified atom stereocenters. The number of hydrogen-bond acceptors (Lipinski definition) is 4. The van der Waals surface area contributed by atoms with E-state index in [4.69, 9.17) is 4.74 Å². The third-order valence-electron chi connectivity index (χ3n) is 1.26. The average molecular weight is 282 g/mol. The molecule has 0 radical (unpaired) electrons. The predicted octanol–water partition coefficient (Wildman–Crippen LogP) is 0.810. The zero-order valence-electron chi connectivity index (χ0n) is 6.55. The summed E-state index contributed by atoms with van der Waals surface area (Å²) in [5.74, 6) is -0.0498. The van der Waals surface area contributed by atoms with Crippen LogP contribution in [0, 0.1) is 3.57 Å². The van der Waals surface area contributed by atoms with Crippen LogP contribution >= 0.6 is 22.6 Å². The molecular formula is C6H7IN2O3. The first-order valence-electron chi connectivity index (χ1n) is 3.07. The van der Waals surface area contributed by atoms with Gasteiger partial charge in [-0.3, -0.25) is 5.10 Å². The number of rotatable bonds is 2. The fourth-order valence-corrected chi connectivity index (χ4v) is 1.37. The molecule has 1 rings (SSSR count). The number of carbonyl (C=O) groups is 1. The minimum atomic E-state index is -0.449. The van der Waals surface area contributed by atoms with E-state index in [0.29, 0.717) is 15.1 Å². The number of nitrogens with zero attached hydrogens (tertiary/aromatic N) is 1. The van der Waals surface area contributed by atoms with Crippen LogP contribution in [0.2, 0.25) is 0 Å². The van der Waals surface area contributed by atoms with E-state index in [1.54, 1.807) is 0 Å². The van der Waals surface area contributed by atoms with E-state index in [9.17, 15) is 4.79 Å². The van der Waals surface area contributed by atoms with Crippen LogP contribution in [0.15, 0.2) is 0 Å². The molecule has 1 N–H and O–H groups in total. The molecule has 0 aliphatic carbocycles. The highest BCUT2D eigenvalue weighted by Crippen LogP contribution is 2.20. The Morgan fingerprint density at radius 1 is 1.58 bits per heavy atom. The van der Waals surface area contributed by atoms with E-state index in [1.165, 1.54) is 14.2 Å². The maximum absolute atomic E-state index is 11.0. The molecule has 0 bridgehead atoms. The molecular weight excluding hydrogens is 275 g/mol. The lowest BCUT2D eigenvalue weighted by Gasteiger charge is -1.95. The highest BCUT2D eigenvalue weighted by Gasteiger charge is 2.17. The summed E-state index contributed by atoms with van der Waals surface area (Å²) in [5.41, 5.74) is 0.315. The zero-order valence-corrected chi connectivity index (χ0v) is 8.71. The maximum Gasteiger partial charge on any atom is 0.357 e. The van der Waals surface area contributed by atoms with Gasteiger partial charge in [-0.2, -0.15) is 0 Å². The quantitative estimate of drug-likeness (QED) is 0.644. The fraction of sp³-hybridized carbons (Fsp3) is 0.333. The summed E-state index contributed by atoms with van der Waals surface area (Å²) in [7, 11) is 2.80. The van der Waals surface area contributed by atoms with E-state index in [2.05, 4.69) is 14.9 Å². The molecule has 0 aliphatic heterocycles. The number of aromatic nitrogens is 2. The molecule has 0 saturated heterocycles. The van der Waals surface area contributed by atoms with Gasteiger partial charge >= 0.3 is 5.97 Å². The number of aromatic amines is 1. The van der Waals surface area contributed by atoms with Gasteiger partial charge in [0.25, 0.3) is 0 Å².